The van der Waals surface area contributed by atoms with E-state index in [0.29, 0.717) is 0 Å². The van der Waals surface area contributed by atoms with E-state index < -0.39 is 15.9 Å². The standard InChI is InChI=1S/C11H16ClN3O3S/c1-7(2)15-11(16)6-14-19(17,18)10-5-8(13)3-4-9(10)12/h3-5,7,14H,6,13H2,1-2H3,(H,15,16). The lowest BCUT2D eigenvalue weighted by atomic mass is 10.3. The lowest BCUT2D eigenvalue weighted by molar-refractivity contribution is -0.120. The summed E-state index contributed by atoms with van der Waals surface area (Å²) in [5.74, 6) is -0.418. The van der Waals surface area contributed by atoms with Gasteiger partial charge >= 0.3 is 0 Å². The molecule has 19 heavy (non-hydrogen) atoms. The van der Waals surface area contributed by atoms with E-state index in [4.69, 9.17) is 17.3 Å². The summed E-state index contributed by atoms with van der Waals surface area (Å²) in [5.41, 5.74) is 5.79. The molecular formula is C11H16ClN3O3S. The van der Waals surface area contributed by atoms with E-state index in [9.17, 15) is 13.2 Å². The molecule has 0 heterocycles. The molecule has 106 valence electrons. The highest BCUT2D eigenvalue weighted by Crippen LogP contribution is 2.23. The van der Waals surface area contributed by atoms with E-state index in [1.807, 2.05) is 0 Å². The van der Waals surface area contributed by atoms with E-state index in [1.54, 1.807) is 13.8 Å². The van der Waals surface area contributed by atoms with Gasteiger partial charge in [-0.3, -0.25) is 4.79 Å². The Morgan fingerprint density at radius 3 is 2.63 bits per heavy atom. The minimum atomic E-state index is -3.87. The first-order chi connectivity index (χ1) is 8.72. The molecule has 0 fully saturated rings. The Hall–Kier alpha value is -1.31. The van der Waals surface area contributed by atoms with Gasteiger partial charge in [0.15, 0.2) is 0 Å². The van der Waals surface area contributed by atoms with E-state index >= 15 is 0 Å². The Morgan fingerprint density at radius 2 is 2.05 bits per heavy atom. The van der Waals surface area contributed by atoms with Crippen molar-refractivity contribution in [1.82, 2.24) is 10.0 Å². The predicted octanol–water partition coefficient (Wildman–Crippen LogP) is 0.725. The van der Waals surface area contributed by atoms with E-state index in [-0.39, 0.29) is 28.2 Å². The zero-order chi connectivity index (χ0) is 14.6. The minimum Gasteiger partial charge on any atom is -0.399 e. The molecule has 4 N–H and O–H groups in total. The topological polar surface area (TPSA) is 101 Å². The Balaban J connectivity index is 2.82. The Bertz CT molecular complexity index is 573. The summed E-state index contributed by atoms with van der Waals surface area (Å²) in [6.45, 7) is 3.20. The number of rotatable bonds is 5. The molecule has 1 aromatic carbocycles. The van der Waals surface area contributed by atoms with Crippen LogP contribution in [0, 0.1) is 0 Å². The number of hydrogen-bond donors (Lipinski definition) is 3. The van der Waals surface area contributed by atoms with Gasteiger partial charge < -0.3 is 11.1 Å². The fourth-order valence-corrected chi connectivity index (χ4v) is 2.85. The van der Waals surface area contributed by atoms with Crippen LogP contribution in [0.3, 0.4) is 0 Å². The Morgan fingerprint density at radius 1 is 1.42 bits per heavy atom. The quantitative estimate of drug-likeness (QED) is 0.698. The molecule has 1 aromatic rings. The zero-order valence-electron chi connectivity index (χ0n) is 10.6. The monoisotopic (exact) mass is 305 g/mol. The highest BCUT2D eigenvalue weighted by molar-refractivity contribution is 7.89. The first-order valence-corrected chi connectivity index (χ1v) is 7.42. The third kappa shape index (κ3) is 4.70. The summed E-state index contributed by atoms with van der Waals surface area (Å²) >= 11 is 5.81. The molecule has 8 heteroatoms. The number of carbonyl (C=O) groups is 1. The lowest BCUT2D eigenvalue weighted by Crippen LogP contribution is -2.39. The van der Waals surface area contributed by atoms with Crippen molar-refractivity contribution < 1.29 is 13.2 Å². The fraction of sp³-hybridized carbons (Fsp3) is 0.364. The van der Waals surface area contributed by atoms with Gasteiger partial charge in [0, 0.05) is 11.7 Å². The van der Waals surface area contributed by atoms with Crippen molar-refractivity contribution in [3.8, 4) is 0 Å². The number of carbonyl (C=O) groups excluding carboxylic acids is 1. The van der Waals surface area contributed by atoms with Gasteiger partial charge in [-0.2, -0.15) is 0 Å². The van der Waals surface area contributed by atoms with Crippen LogP contribution in [0.1, 0.15) is 13.8 Å². The maximum absolute atomic E-state index is 12.0. The number of nitrogens with two attached hydrogens (primary N) is 1. The Labute approximate surface area is 117 Å². The molecule has 0 saturated heterocycles. The summed E-state index contributed by atoms with van der Waals surface area (Å²) < 4.78 is 26.1. The Kier molecular flexibility index (Phi) is 5.16. The van der Waals surface area contributed by atoms with Gasteiger partial charge in [0.25, 0.3) is 0 Å². The second kappa shape index (κ2) is 6.23. The van der Waals surface area contributed by atoms with E-state index in [2.05, 4.69) is 10.0 Å². The number of benzene rings is 1. The largest absolute Gasteiger partial charge is 0.399 e. The van der Waals surface area contributed by atoms with Gasteiger partial charge in [-0.1, -0.05) is 11.6 Å². The van der Waals surface area contributed by atoms with E-state index in [0.717, 1.165) is 0 Å². The molecule has 6 nitrogen and oxygen atoms in total. The van der Waals surface area contributed by atoms with Gasteiger partial charge in [0.2, 0.25) is 15.9 Å². The molecule has 0 aliphatic rings. The molecule has 0 aliphatic carbocycles. The number of sulfonamides is 1. The number of anilines is 1. The van der Waals surface area contributed by atoms with Crippen LogP contribution in [0.25, 0.3) is 0 Å². The maximum atomic E-state index is 12.0. The second-order valence-electron chi connectivity index (χ2n) is 4.24. The van der Waals surface area contributed by atoms with Crippen LogP contribution in [0.15, 0.2) is 23.1 Å². The first-order valence-electron chi connectivity index (χ1n) is 5.56. The number of nitrogens with one attached hydrogen (secondary N) is 2. The van der Waals surface area contributed by atoms with E-state index in [1.165, 1.54) is 18.2 Å². The summed E-state index contributed by atoms with van der Waals surface area (Å²) in [7, 11) is -3.87. The van der Waals surface area contributed by atoms with Crippen molar-refractivity contribution in [2.24, 2.45) is 0 Å². The van der Waals surface area contributed by atoms with Crippen molar-refractivity contribution in [2.45, 2.75) is 24.8 Å². The molecule has 0 spiro atoms. The molecule has 0 bridgehead atoms. The average molecular weight is 306 g/mol. The normalized spacial score (nSPS) is 11.6. The third-order valence-corrected chi connectivity index (χ3v) is 4.00. The summed E-state index contributed by atoms with van der Waals surface area (Å²) in [6, 6.07) is 4.06. The first kappa shape index (κ1) is 15.7. The summed E-state index contributed by atoms with van der Waals surface area (Å²) in [5, 5.41) is 2.62. The molecule has 0 atom stereocenters. The summed E-state index contributed by atoms with van der Waals surface area (Å²) in [6.07, 6.45) is 0. The molecule has 0 unspecified atom stereocenters. The molecule has 0 aliphatic heterocycles. The van der Waals surface area contributed by atoms with Gasteiger partial charge in [-0.05, 0) is 32.0 Å². The number of hydrogen-bond acceptors (Lipinski definition) is 4. The van der Waals surface area contributed by atoms with Gasteiger partial charge in [0.05, 0.1) is 11.6 Å². The minimum absolute atomic E-state index is 0.0472. The van der Waals surface area contributed by atoms with Crippen LogP contribution >= 0.6 is 11.6 Å². The van der Waals surface area contributed by atoms with Crippen LogP contribution in [0.5, 0.6) is 0 Å². The lowest BCUT2D eigenvalue weighted by Gasteiger charge is -2.11. The zero-order valence-corrected chi connectivity index (χ0v) is 12.2. The highest BCUT2D eigenvalue weighted by Gasteiger charge is 2.19. The van der Waals surface area contributed by atoms with Crippen LogP contribution in [0.2, 0.25) is 5.02 Å². The molecule has 1 amide bonds. The van der Waals surface area contributed by atoms with Crippen molar-refractivity contribution in [2.75, 3.05) is 12.3 Å². The van der Waals surface area contributed by atoms with Gasteiger partial charge in [-0.15, -0.1) is 0 Å². The van der Waals surface area contributed by atoms with Crippen molar-refractivity contribution in [3.05, 3.63) is 23.2 Å². The summed E-state index contributed by atoms with van der Waals surface area (Å²) in [4.78, 5) is 11.2. The predicted molar refractivity (Wildman–Crippen MR) is 74.3 cm³/mol. The van der Waals surface area contributed by atoms with Crippen molar-refractivity contribution in [3.63, 3.8) is 0 Å². The molecule has 0 saturated carbocycles. The third-order valence-electron chi connectivity index (χ3n) is 2.12. The van der Waals surface area contributed by atoms with Crippen molar-refractivity contribution in [1.29, 1.82) is 0 Å². The van der Waals surface area contributed by atoms with Crippen LogP contribution in [-0.4, -0.2) is 26.9 Å². The van der Waals surface area contributed by atoms with Gasteiger partial charge in [-0.25, -0.2) is 13.1 Å². The molecule has 1 rings (SSSR count). The highest BCUT2D eigenvalue weighted by atomic mass is 35.5. The van der Waals surface area contributed by atoms with Crippen LogP contribution in [0.4, 0.5) is 5.69 Å². The van der Waals surface area contributed by atoms with Crippen LogP contribution in [-0.2, 0) is 14.8 Å². The van der Waals surface area contributed by atoms with Crippen LogP contribution < -0.4 is 15.8 Å². The molecule has 0 aromatic heterocycles. The van der Waals surface area contributed by atoms with Gasteiger partial charge in [0.1, 0.15) is 4.90 Å². The fourth-order valence-electron chi connectivity index (χ4n) is 1.34. The SMILES string of the molecule is CC(C)NC(=O)CNS(=O)(=O)c1cc(N)ccc1Cl. The smallest absolute Gasteiger partial charge is 0.242 e. The number of nitrogen functional groups attached to an aromatic ring is 1. The van der Waals surface area contributed by atoms with Crippen molar-refractivity contribution >= 4 is 33.2 Å². The molecule has 0 radical (unpaired) electrons. The number of halogens is 1. The maximum Gasteiger partial charge on any atom is 0.242 e. The molecular weight excluding hydrogens is 290 g/mol. The second-order valence-corrected chi connectivity index (χ2v) is 6.38. The number of amides is 1. The average Bonchev–Trinajstić information content (AvgIpc) is 2.29.